The number of amides is 1. The molecule has 1 aliphatic rings. The Morgan fingerprint density at radius 3 is 2.46 bits per heavy atom. The summed E-state index contributed by atoms with van der Waals surface area (Å²) in [5.74, 6) is 2.21. The number of carbonyl (C=O) groups excluding carboxylic acids is 1. The van der Waals surface area contributed by atoms with Crippen LogP contribution in [0.1, 0.15) is 12.8 Å². The number of carbonyl (C=O) groups is 1. The van der Waals surface area contributed by atoms with Crippen LogP contribution in [0.25, 0.3) is 0 Å². The van der Waals surface area contributed by atoms with Crippen molar-refractivity contribution in [2.24, 2.45) is 5.92 Å². The maximum Gasteiger partial charge on any atom is 0.228 e. The molecular formula is C18H22N4O4. The average molecular weight is 358 g/mol. The first kappa shape index (κ1) is 17.9. The summed E-state index contributed by atoms with van der Waals surface area (Å²) in [7, 11) is 3.18. The van der Waals surface area contributed by atoms with Crippen LogP contribution < -0.4 is 20.1 Å². The van der Waals surface area contributed by atoms with Gasteiger partial charge in [0.1, 0.15) is 11.5 Å². The van der Waals surface area contributed by atoms with Crippen LogP contribution in [0.15, 0.2) is 30.3 Å². The molecular weight excluding hydrogens is 336 g/mol. The van der Waals surface area contributed by atoms with Crippen LogP contribution in [0.2, 0.25) is 0 Å². The highest BCUT2D eigenvalue weighted by molar-refractivity contribution is 5.91. The average Bonchev–Trinajstić information content (AvgIpc) is 2.70. The molecule has 1 aliphatic heterocycles. The highest BCUT2D eigenvalue weighted by atomic mass is 16.5. The van der Waals surface area contributed by atoms with E-state index in [-0.39, 0.29) is 11.8 Å². The first-order valence-electron chi connectivity index (χ1n) is 8.41. The Balaban J connectivity index is 1.63. The highest BCUT2D eigenvalue weighted by Gasteiger charge is 2.21. The van der Waals surface area contributed by atoms with Crippen molar-refractivity contribution in [2.75, 3.05) is 38.1 Å². The van der Waals surface area contributed by atoms with E-state index >= 15 is 0 Å². The van der Waals surface area contributed by atoms with Gasteiger partial charge >= 0.3 is 0 Å². The van der Waals surface area contributed by atoms with Crippen molar-refractivity contribution < 1.29 is 19.0 Å². The molecule has 8 heteroatoms. The SMILES string of the molecule is COc1ccc(Nc2ccc(NC(=O)C3CCOCC3)nn2)c(OC)c1. The number of nitrogens with zero attached hydrogens (tertiary/aromatic N) is 2. The third kappa shape index (κ3) is 4.40. The Labute approximate surface area is 151 Å². The van der Waals surface area contributed by atoms with E-state index in [4.69, 9.17) is 14.2 Å². The molecule has 2 heterocycles. The summed E-state index contributed by atoms with van der Waals surface area (Å²) in [6.07, 6.45) is 1.46. The van der Waals surface area contributed by atoms with Crippen molar-refractivity contribution in [1.82, 2.24) is 10.2 Å². The molecule has 0 radical (unpaired) electrons. The summed E-state index contributed by atoms with van der Waals surface area (Å²) in [4.78, 5) is 12.2. The molecule has 26 heavy (non-hydrogen) atoms. The van der Waals surface area contributed by atoms with Crippen molar-refractivity contribution in [2.45, 2.75) is 12.8 Å². The molecule has 0 aliphatic carbocycles. The maximum atomic E-state index is 12.2. The van der Waals surface area contributed by atoms with Crippen LogP contribution in [0, 0.1) is 5.92 Å². The highest BCUT2D eigenvalue weighted by Crippen LogP contribution is 2.31. The zero-order valence-corrected chi connectivity index (χ0v) is 14.8. The number of methoxy groups -OCH3 is 2. The lowest BCUT2D eigenvalue weighted by atomic mass is 9.99. The third-order valence-electron chi connectivity index (χ3n) is 4.18. The van der Waals surface area contributed by atoms with Gasteiger partial charge in [-0.15, -0.1) is 10.2 Å². The normalized spacial score (nSPS) is 14.5. The van der Waals surface area contributed by atoms with Gasteiger partial charge in [0.05, 0.1) is 19.9 Å². The van der Waals surface area contributed by atoms with Gasteiger partial charge in [-0.3, -0.25) is 4.79 Å². The van der Waals surface area contributed by atoms with Crippen LogP contribution in [0.5, 0.6) is 11.5 Å². The fourth-order valence-corrected chi connectivity index (χ4v) is 2.69. The van der Waals surface area contributed by atoms with E-state index in [2.05, 4.69) is 20.8 Å². The number of ether oxygens (including phenoxy) is 3. The van der Waals surface area contributed by atoms with Gasteiger partial charge in [0.2, 0.25) is 5.91 Å². The molecule has 0 atom stereocenters. The second-order valence-electron chi connectivity index (χ2n) is 5.87. The summed E-state index contributed by atoms with van der Waals surface area (Å²) in [5, 5.41) is 14.1. The van der Waals surface area contributed by atoms with Crippen LogP contribution in [0.4, 0.5) is 17.3 Å². The summed E-state index contributed by atoms with van der Waals surface area (Å²) >= 11 is 0. The van der Waals surface area contributed by atoms with Crippen LogP contribution in [-0.4, -0.2) is 43.5 Å². The topological polar surface area (TPSA) is 94.6 Å². The Morgan fingerprint density at radius 2 is 1.81 bits per heavy atom. The molecule has 0 spiro atoms. The van der Waals surface area contributed by atoms with Gasteiger partial charge in [-0.1, -0.05) is 0 Å². The molecule has 2 aromatic rings. The predicted molar refractivity (Wildman–Crippen MR) is 97.0 cm³/mol. The predicted octanol–water partition coefficient (Wildman–Crippen LogP) is 2.60. The molecule has 138 valence electrons. The Morgan fingerprint density at radius 1 is 1.08 bits per heavy atom. The first-order chi connectivity index (χ1) is 12.7. The molecule has 1 fully saturated rings. The van der Waals surface area contributed by atoms with E-state index in [1.54, 1.807) is 32.4 Å². The van der Waals surface area contributed by atoms with Gasteiger partial charge < -0.3 is 24.8 Å². The monoisotopic (exact) mass is 358 g/mol. The fraction of sp³-hybridized carbons (Fsp3) is 0.389. The van der Waals surface area contributed by atoms with Gasteiger partial charge in [-0.05, 0) is 37.1 Å². The molecule has 0 unspecified atom stereocenters. The maximum absolute atomic E-state index is 12.2. The largest absolute Gasteiger partial charge is 0.497 e. The molecule has 2 N–H and O–H groups in total. The lowest BCUT2D eigenvalue weighted by Crippen LogP contribution is -2.28. The van der Waals surface area contributed by atoms with E-state index in [1.165, 1.54) is 0 Å². The number of aromatic nitrogens is 2. The van der Waals surface area contributed by atoms with E-state index in [0.717, 1.165) is 18.5 Å². The van der Waals surface area contributed by atoms with E-state index in [1.807, 2.05) is 12.1 Å². The molecule has 0 bridgehead atoms. The van der Waals surface area contributed by atoms with Crippen molar-refractivity contribution in [3.63, 3.8) is 0 Å². The quantitative estimate of drug-likeness (QED) is 0.819. The van der Waals surface area contributed by atoms with E-state index < -0.39 is 0 Å². The Bertz CT molecular complexity index is 745. The molecule has 1 aromatic carbocycles. The smallest absolute Gasteiger partial charge is 0.228 e. The third-order valence-corrected chi connectivity index (χ3v) is 4.18. The Kier molecular flexibility index (Phi) is 5.85. The molecule has 0 saturated carbocycles. The van der Waals surface area contributed by atoms with Gasteiger partial charge in [0, 0.05) is 25.2 Å². The van der Waals surface area contributed by atoms with Gasteiger partial charge in [-0.2, -0.15) is 0 Å². The number of rotatable bonds is 6. The van der Waals surface area contributed by atoms with Crippen molar-refractivity contribution in [3.05, 3.63) is 30.3 Å². The number of hydrogen-bond donors (Lipinski definition) is 2. The van der Waals surface area contributed by atoms with Gasteiger partial charge in [-0.25, -0.2) is 0 Å². The minimum Gasteiger partial charge on any atom is -0.497 e. The van der Waals surface area contributed by atoms with Crippen LogP contribution in [-0.2, 0) is 9.53 Å². The molecule has 3 rings (SSSR count). The summed E-state index contributed by atoms with van der Waals surface area (Å²) in [5.41, 5.74) is 0.738. The summed E-state index contributed by atoms with van der Waals surface area (Å²) < 4.78 is 15.8. The zero-order valence-electron chi connectivity index (χ0n) is 14.8. The first-order valence-corrected chi connectivity index (χ1v) is 8.41. The lowest BCUT2D eigenvalue weighted by Gasteiger charge is -2.20. The molecule has 1 saturated heterocycles. The minimum atomic E-state index is -0.0415. The van der Waals surface area contributed by atoms with Crippen molar-refractivity contribution in [3.8, 4) is 11.5 Å². The molecule has 8 nitrogen and oxygen atoms in total. The number of hydrogen-bond acceptors (Lipinski definition) is 7. The minimum absolute atomic E-state index is 0.0353. The van der Waals surface area contributed by atoms with Gasteiger partial charge in [0.15, 0.2) is 11.6 Å². The number of benzene rings is 1. The second kappa shape index (κ2) is 8.48. The molecule has 1 amide bonds. The van der Waals surface area contributed by atoms with Crippen molar-refractivity contribution >= 4 is 23.2 Å². The lowest BCUT2D eigenvalue weighted by molar-refractivity contribution is -0.122. The second-order valence-corrected chi connectivity index (χ2v) is 5.87. The van der Waals surface area contributed by atoms with Gasteiger partial charge in [0.25, 0.3) is 0 Å². The zero-order chi connectivity index (χ0) is 18.4. The summed E-state index contributed by atoms with van der Waals surface area (Å²) in [6, 6.07) is 8.89. The standard InChI is InChI=1S/C18H22N4O4/c1-24-13-3-4-14(15(11-13)25-2)19-16-5-6-17(22-21-16)20-18(23)12-7-9-26-10-8-12/h3-6,11-12H,7-10H2,1-2H3,(H,19,21)(H,20,22,23). The van der Waals surface area contributed by atoms with Crippen LogP contribution >= 0.6 is 0 Å². The summed E-state index contributed by atoms with van der Waals surface area (Å²) in [6.45, 7) is 1.24. The van der Waals surface area contributed by atoms with Crippen LogP contribution in [0.3, 0.4) is 0 Å². The van der Waals surface area contributed by atoms with Crippen molar-refractivity contribution in [1.29, 1.82) is 0 Å². The van der Waals surface area contributed by atoms with E-state index in [9.17, 15) is 4.79 Å². The fourth-order valence-electron chi connectivity index (χ4n) is 2.69. The van der Waals surface area contributed by atoms with E-state index in [0.29, 0.717) is 36.3 Å². The Hall–Kier alpha value is -2.87. The molecule has 1 aromatic heterocycles. The number of anilines is 3. The number of nitrogens with one attached hydrogen (secondary N) is 2.